The van der Waals surface area contributed by atoms with Gasteiger partial charge in [-0.05, 0) is 106 Å². The molecular weight excluding hydrogens is 435 g/mol. The summed E-state index contributed by atoms with van der Waals surface area (Å²) in [4.78, 5) is 0. The summed E-state index contributed by atoms with van der Waals surface area (Å²) in [6.45, 7) is 2.21. The van der Waals surface area contributed by atoms with Gasteiger partial charge in [-0.1, -0.05) is 38.3 Å². The molecule has 0 aromatic heterocycles. The van der Waals surface area contributed by atoms with Crippen molar-refractivity contribution >= 4 is 0 Å². The van der Waals surface area contributed by atoms with Crippen LogP contribution in [0.4, 0.5) is 22.0 Å². The van der Waals surface area contributed by atoms with E-state index in [1.54, 1.807) is 0 Å². The summed E-state index contributed by atoms with van der Waals surface area (Å²) in [5.74, 6) is -0.987. The fraction of sp³-hybridized carbons (Fsp3) is 0.704. The van der Waals surface area contributed by atoms with E-state index in [0.29, 0.717) is 17.9 Å². The molecule has 0 aliphatic heterocycles. The average Bonchev–Trinajstić information content (AvgIpc) is 2.78. The highest BCUT2D eigenvalue weighted by Crippen LogP contribution is 2.43. The van der Waals surface area contributed by atoms with Gasteiger partial charge in [-0.25, -0.2) is 8.78 Å². The number of hydrogen-bond donors (Lipinski definition) is 0. The van der Waals surface area contributed by atoms with Gasteiger partial charge in [0, 0.05) is 0 Å². The summed E-state index contributed by atoms with van der Waals surface area (Å²) >= 11 is 0. The molecule has 0 heterocycles. The quantitative estimate of drug-likeness (QED) is 0.257. The van der Waals surface area contributed by atoms with Crippen molar-refractivity contribution in [2.75, 3.05) is 0 Å². The second-order valence-electron chi connectivity index (χ2n) is 10.0. The first-order chi connectivity index (χ1) is 15.7. The van der Waals surface area contributed by atoms with Crippen molar-refractivity contribution in [3.8, 4) is 5.75 Å². The van der Waals surface area contributed by atoms with Gasteiger partial charge in [0.15, 0.2) is 11.6 Å². The molecule has 0 unspecified atom stereocenters. The third-order valence-electron chi connectivity index (χ3n) is 7.66. The zero-order valence-electron chi connectivity index (χ0n) is 19.6. The van der Waals surface area contributed by atoms with E-state index in [-0.39, 0.29) is 0 Å². The molecule has 2 fully saturated rings. The predicted octanol–water partition coefficient (Wildman–Crippen LogP) is 9.16. The van der Waals surface area contributed by atoms with Gasteiger partial charge in [0.05, 0.1) is 0 Å². The summed E-state index contributed by atoms with van der Waals surface area (Å²) in [7, 11) is 0. The third-order valence-corrected chi connectivity index (χ3v) is 7.66. The maximum absolute atomic E-state index is 13.9. The Hall–Kier alpha value is -1.59. The molecule has 0 saturated heterocycles. The minimum absolute atomic E-state index is 0.382. The topological polar surface area (TPSA) is 9.23 Å². The van der Waals surface area contributed by atoms with Crippen LogP contribution in [0, 0.1) is 35.3 Å². The molecule has 186 valence electrons. The number of hydrogen-bond acceptors (Lipinski definition) is 1. The largest absolute Gasteiger partial charge is 0.573 e. The van der Waals surface area contributed by atoms with Crippen molar-refractivity contribution in [3.63, 3.8) is 0 Å². The summed E-state index contributed by atoms with van der Waals surface area (Å²) < 4.78 is 68.2. The molecule has 2 saturated carbocycles. The normalized spacial score (nSPS) is 26.6. The lowest BCUT2D eigenvalue weighted by Crippen LogP contribution is -2.26. The van der Waals surface area contributed by atoms with Crippen LogP contribution in [-0.4, -0.2) is 6.36 Å². The maximum Gasteiger partial charge on any atom is 0.573 e. The molecule has 33 heavy (non-hydrogen) atoms. The van der Waals surface area contributed by atoms with Crippen LogP contribution in [0.25, 0.3) is 0 Å². The molecule has 3 rings (SSSR count). The van der Waals surface area contributed by atoms with Gasteiger partial charge in [0.2, 0.25) is 5.75 Å². The predicted molar refractivity (Wildman–Crippen MR) is 121 cm³/mol. The molecule has 6 heteroatoms. The summed E-state index contributed by atoms with van der Waals surface area (Å²) in [6.07, 6.45) is 14.5. The second-order valence-corrected chi connectivity index (χ2v) is 10.0. The van der Waals surface area contributed by atoms with Crippen LogP contribution in [0.3, 0.4) is 0 Å². The fourth-order valence-electron chi connectivity index (χ4n) is 5.76. The molecule has 2 aliphatic carbocycles. The number of halogens is 5. The van der Waals surface area contributed by atoms with Crippen molar-refractivity contribution in [2.45, 2.75) is 96.8 Å². The van der Waals surface area contributed by atoms with Crippen molar-refractivity contribution < 1.29 is 26.7 Å². The minimum atomic E-state index is -5.12. The number of benzene rings is 1. The lowest BCUT2D eigenvalue weighted by Gasteiger charge is -2.38. The molecule has 0 N–H and O–H groups in total. The number of rotatable bonds is 9. The van der Waals surface area contributed by atoms with E-state index >= 15 is 0 Å². The van der Waals surface area contributed by atoms with Gasteiger partial charge in [-0.15, -0.1) is 13.2 Å². The number of unbranched alkanes of at least 4 members (excludes halogenated alkanes) is 1. The number of allylic oxidation sites excluding steroid dienone is 2. The summed E-state index contributed by atoms with van der Waals surface area (Å²) in [5.41, 5.74) is 0.382. The first-order valence-corrected chi connectivity index (χ1v) is 12.6. The Morgan fingerprint density at radius 2 is 1.39 bits per heavy atom. The number of aryl methyl sites for hydroxylation is 1. The van der Waals surface area contributed by atoms with E-state index in [1.165, 1.54) is 57.8 Å². The Balaban J connectivity index is 1.39. The van der Waals surface area contributed by atoms with Crippen molar-refractivity contribution in [1.29, 1.82) is 0 Å². The molecule has 1 aromatic rings. The Morgan fingerprint density at radius 1 is 0.848 bits per heavy atom. The van der Waals surface area contributed by atoms with Crippen LogP contribution < -0.4 is 4.74 Å². The van der Waals surface area contributed by atoms with Crippen LogP contribution >= 0.6 is 0 Å². The van der Waals surface area contributed by atoms with Crippen LogP contribution in [-0.2, 0) is 6.42 Å². The maximum atomic E-state index is 13.9. The van der Waals surface area contributed by atoms with Gasteiger partial charge >= 0.3 is 6.36 Å². The first kappa shape index (κ1) is 26.0. The van der Waals surface area contributed by atoms with Gasteiger partial charge in [0.25, 0.3) is 0 Å². The van der Waals surface area contributed by atoms with Crippen LogP contribution in [0.15, 0.2) is 24.3 Å². The van der Waals surface area contributed by atoms with Crippen LogP contribution in [0.1, 0.15) is 89.5 Å². The highest BCUT2D eigenvalue weighted by Gasteiger charge is 2.34. The summed E-state index contributed by atoms with van der Waals surface area (Å²) in [6, 6.07) is 1.93. The zero-order chi connectivity index (χ0) is 23.8. The van der Waals surface area contributed by atoms with Gasteiger partial charge < -0.3 is 4.74 Å². The monoisotopic (exact) mass is 472 g/mol. The van der Waals surface area contributed by atoms with Crippen molar-refractivity contribution in [3.05, 3.63) is 41.5 Å². The standard InChI is InChI=1S/C27H37F5O/c1-2-3-4-5-6-19-9-13-22(14-10-19)23-15-11-20(12-16-23)7-8-21-17-24(28)26(25(29)18-21)33-27(30,31)32/h4-5,17-20,22-23H,2-3,6-16H2,1H3. The molecule has 0 bridgehead atoms. The molecule has 0 amide bonds. The molecule has 0 radical (unpaired) electrons. The Kier molecular flexibility index (Phi) is 9.63. The highest BCUT2D eigenvalue weighted by atomic mass is 19.4. The van der Waals surface area contributed by atoms with Crippen LogP contribution in [0.5, 0.6) is 5.75 Å². The van der Waals surface area contributed by atoms with E-state index in [1.807, 2.05) is 0 Å². The zero-order valence-corrected chi connectivity index (χ0v) is 19.6. The summed E-state index contributed by atoms with van der Waals surface area (Å²) in [5, 5.41) is 0. The SMILES string of the molecule is CCCC=CCC1CCC(C2CCC(CCc3cc(F)c(OC(F)(F)F)c(F)c3)CC2)CC1. The molecular formula is C27H37F5O. The lowest BCUT2D eigenvalue weighted by atomic mass is 9.68. The Bertz CT molecular complexity index is 733. The minimum Gasteiger partial charge on any atom is -0.399 e. The molecule has 0 spiro atoms. The first-order valence-electron chi connectivity index (χ1n) is 12.6. The lowest BCUT2D eigenvalue weighted by molar-refractivity contribution is -0.276. The van der Waals surface area contributed by atoms with Crippen molar-refractivity contribution in [2.24, 2.45) is 23.7 Å². The fourth-order valence-corrected chi connectivity index (χ4v) is 5.76. The van der Waals surface area contributed by atoms with E-state index < -0.39 is 23.7 Å². The van der Waals surface area contributed by atoms with Gasteiger partial charge in [0.1, 0.15) is 0 Å². The third kappa shape index (κ3) is 8.29. The van der Waals surface area contributed by atoms with Gasteiger partial charge in [-0.2, -0.15) is 0 Å². The van der Waals surface area contributed by atoms with E-state index in [9.17, 15) is 22.0 Å². The van der Waals surface area contributed by atoms with E-state index in [0.717, 1.165) is 49.1 Å². The molecule has 1 aromatic carbocycles. The van der Waals surface area contributed by atoms with Crippen molar-refractivity contribution in [1.82, 2.24) is 0 Å². The Morgan fingerprint density at radius 3 is 1.91 bits per heavy atom. The van der Waals surface area contributed by atoms with E-state index in [4.69, 9.17) is 0 Å². The smallest absolute Gasteiger partial charge is 0.399 e. The van der Waals surface area contributed by atoms with Crippen LogP contribution in [0.2, 0.25) is 0 Å². The average molecular weight is 473 g/mol. The molecule has 0 atom stereocenters. The van der Waals surface area contributed by atoms with Gasteiger partial charge in [-0.3, -0.25) is 0 Å². The number of ether oxygens (including phenoxy) is 1. The number of alkyl halides is 3. The molecule has 2 aliphatic rings. The Labute approximate surface area is 194 Å². The second kappa shape index (κ2) is 12.2. The molecule has 1 nitrogen and oxygen atoms in total. The van der Waals surface area contributed by atoms with E-state index in [2.05, 4.69) is 23.8 Å². The highest BCUT2D eigenvalue weighted by molar-refractivity contribution is 5.31.